The summed E-state index contributed by atoms with van der Waals surface area (Å²) >= 11 is 0. The summed E-state index contributed by atoms with van der Waals surface area (Å²) in [6, 6.07) is 0. The SMILES string of the molecule is CCCCN1C2=C(C(=O)CC(C)(C)C2)C(CCC)C2=C1CC(C)(C)CC2=O. The van der Waals surface area contributed by atoms with E-state index in [1.807, 2.05) is 0 Å². The van der Waals surface area contributed by atoms with Crippen LogP contribution in [0, 0.1) is 16.7 Å². The molecule has 0 unspecified atom stereocenters. The highest BCUT2D eigenvalue weighted by molar-refractivity contribution is 6.05. The molecular weight excluding hydrogens is 334 g/mol. The van der Waals surface area contributed by atoms with Crippen molar-refractivity contribution in [1.29, 1.82) is 0 Å². The zero-order valence-corrected chi connectivity index (χ0v) is 18.2. The van der Waals surface area contributed by atoms with Gasteiger partial charge in [0, 0.05) is 47.8 Å². The van der Waals surface area contributed by atoms with E-state index in [9.17, 15) is 9.59 Å². The molecule has 3 heteroatoms. The number of unbranched alkanes of at least 4 members (excludes halogenated alkanes) is 1. The minimum absolute atomic E-state index is 0.00338. The fraction of sp³-hybridized carbons (Fsp3) is 0.750. The van der Waals surface area contributed by atoms with E-state index < -0.39 is 0 Å². The van der Waals surface area contributed by atoms with Crippen LogP contribution in [0.3, 0.4) is 0 Å². The van der Waals surface area contributed by atoms with Crippen molar-refractivity contribution < 1.29 is 9.59 Å². The summed E-state index contributed by atoms with van der Waals surface area (Å²) in [6.45, 7) is 14.1. The maximum Gasteiger partial charge on any atom is 0.161 e. The summed E-state index contributed by atoms with van der Waals surface area (Å²) in [5.41, 5.74) is 4.46. The standard InChI is InChI=1S/C24H37NO2/c1-7-9-11-25-17-12-23(3,4)14-19(26)21(17)16(10-8-2)22-18(25)13-24(5,6)15-20(22)27/h16H,7-15H2,1-6H3. The molecule has 0 radical (unpaired) electrons. The van der Waals surface area contributed by atoms with Crippen LogP contribution >= 0.6 is 0 Å². The molecule has 0 fully saturated rings. The topological polar surface area (TPSA) is 37.4 Å². The van der Waals surface area contributed by atoms with E-state index in [0.29, 0.717) is 12.8 Å². The van der Waals surface area contributed by atoms with Gasteiger partial charge in [0.1, 0.15) is 0 Å². The van der Waals surface area contributed by atoms with Crippen LogP contribution in [0.15, 0.2) is 22.5 Å². The monoisotopic (exact) mass is 371 g/mol. The Kier molecular flexibility index (Phi) is 5.44. The van der Waals surface area contributed by atoms with Gasteiger partial charge < -0.3 is 4.90 Å². The number of nitrogens with zero attached hydrogens (tertiary/aromatic N) is 1. The van der Waals surface area contributed by atoms with Crippen molar-refractivity contribution >= 4 is 11.6 Å². The molecule has 0 aromatic carbocycles. The van der Waals surface area contributed by atoms with E-state index in [0.717, 1.165) is 56.2 Å². The van der Waals surface area contributed by atoms with Crippen molar-refractivity contribution in [3.63, 3.8) is 0 Å². The van der Waals surface area contributed by atoms with Crippen molar-refractivity contribution in [1.82, 2.24) is 4.90 Å². The Balaban J connectivity index is 2.17. The molecule has 3 aliphatic rings. The average Bonchev–Trinajstić information content (AvgIpc) is 2.51. The number of carbonyl (C=O) groups is 2. The summed E-state index contributed by atoms with van der Waals surface area (Å²) in [4.78, 5) is 28.9. The van der Waals surface area contributed by atoms with E-state index in [4.69, 9.17) is 0 Å². The van der Waals surface area contributed by atoms with Gasteiger partial charge in [0.25, 0.3) is 0 Å². The minimum atomic E-state index is 0.00338. The number of allylic oxidation sites excluding steroid dienone is 4. The number of Topliss-reactive ketones (excluding diaryl/α,β-unsaturated/α-hetero) is 2. The van der Waals surface area contributed by atoms with Crippen LogP contribution in [-0.4, -0.2) is 23.0 Å². The lowest BCUT2D eigenvalue weighted by atomic mass is 9.64. The molecule has 1 heterocycles. The van der Waals surface area contributed by atoms with Gasteiger partial charge in [0.15, 0.2) is 11.6 Å². The molecule has 27 heavy (non-hydrogen) atoms. The van der Waals surface area contributed by atoms with Crippen molar-refractivity contribution in [3.8, 4) is 0 Å². The molecule has 1 aliphatic heterocycles. The van der Waals surface area contributed by atoms with Crippen molar-refractivity contribution in [3.05, 3.63) is 22.5 Å². The van der Waals surface area contributed by atoms with Crippen LogP contribution in [0.2, 0.25) is 0 Å². The third-order valence-corrected chi connectivity index (χ3v) is 6.45. The lowest BCUT2D eigenvalue weighted by Gasteiger charge is -2.49. The molecule has 3 nitrogen and oxygen atoms in total. The second-order valence-corrected chi connectivity index (χ2v) is 10.4. The number of hydrogen-bond acceptors (Lipinski definition) is 3. The molecule has 0 N–H and O–H groups in total. The van der Waals surface area contributed by atoms with Crippen LogP contribution in [0.5, 0.6) is 0 Å². The third kappa shape index (κ3) is 3.79. The first-order valence-electron chi connectivity index (χ1n) is 10.9. The Hall–Kier alpha value is -1.38. The Morgan fingerprint density at radius 1 is 0.815 bits per heavy atom. The predicted molar refractivity (Wildman–Crippen MR) is 110 cm³/mol. The Morgan fingerprint density at radius 2 is 1.30 bits per heavy atom. The summed E-state index contributed by atoms with van der Waals surface area (Å²) in [7, 11) is 0. The van der Waals surface area contributed by atoms with Gasteiger partial charge in [0.2, 0.25) is 0 Å². The number of hydrogen-bond donors (Lipinski definition) is 0. The van der Waals surface area contributed by atoms with Gasteiger partial charge in [-0.3, -0.25) is 9.59 Å². The highest BCUT2D eigenvalue weighted by atomic mass is 16.1. The number of rotatable bonds is 5. The molecule has 0 bridgehead atoms. The highest BCUT2D eigenvalue weighted by Crippen LogP contribution is 2.52. The molecule has 0 amide bonds. The summed E-state index contributed by atoms with van der Waals surface area (Å²) in [5, 5.41) is 0. The Morgan fingerprint density at radius 3 is 1.70 bits per heavy atom. The van der Waals surface area contributed by atoms with Crippen LogP contribution in [0.4, 0.5) is 0 Å². The summed E-state index contributed by atoms with van der Waals surface area (Å²) in [5.74, 6) is 0.598. The van der Waals surface area contributed by atoms with Gasteiger partial charge in [0.05, 0.1) is 0 Å². The first kappa shape index (κ1) is 20.4. The van der Waals surface area contributed by atoms with Crippen molar-refractivity contribution in [2.45, 2.75) is 92.9 Å². The maximum absolute atomic E-state index is 13.2. The second kappa shape index (κ2) is 7.22. The molecular formula is C24H37NO2. The van der Waals surface area contributed by atoms with E-state index >= 15 is 0 Å². The lowest BCUT2D eigenvalue weighted by Crippen LogP contribution is -2.45. The largest absolute Gasteiger partial charge is 0.348 e. The van der Waals surface area contributed by atoms with Gasteiger partial charge in [-0.05, 0) is 36.5 Å². The number of ketones is 2. The molecule has 0 atom stereocenters. The van der Waals surface area contributed by atoms with Gasteiger partial charge in [-0.15, -0.1) is 0 Å². The number of carbonyl (C=O) groups excluding carboxylic acids is 2. The zero-order valence-electron chi connectivity index (χ0n) is 18.2. The van der Waals surface area contributed by atoms with Gasteiger partial charge in [-0.2, -0.15) is 0 Å². The van der Waals surface area contributed by atoms with Gasteiger partial charge >= 0.3 is 0 Å². The fourth-order valence-corrected chi connectivity index (χ4v) is 5.35. The van der Waals surface area contributed by atoms with Crippen LogP contribution in [0.1, 0.15) is 92.9 Å². The molecule has 0 saturated heterocycles. The zero-order chi connectivity index (χ0) is 20.0. The van der Waals surface area contributed by atoms with Crippen LogP contribution in [-0.2, 0) is 9.59 Å². The normalized spacial score (nSPS) is 25.0. The molecule has 150 valence electrons. The first-order valence-corrected chi connectivity index (χ1v) is 10.9. The van der Waals surface area contributed by atoms with E-state index in [1.165, 1.54) is 11.4 Å². The average molecular weight is 372 g/mol. The molecule has 0 spiro atoms. The highest BCUT2D eigenvalue weighted by Gasteiger charge is 2.47. The smallest absolute Gasteiger partial charge is 0.161 e. The predicted octanol–water partition coefficient (Wildman–Crippen LogP) is 5.80. The fourth-order valence-electron chi connectivity index (χ4n) is 5.35. The van der Waals surface area contributed by atoms with Gasteiger partial charge in [-0.1, -0.05) is 54.4 Å². The molecule has 2 aliphatic carbocycles. The van der Waals surface area contributed by atoms with Crippen molar-refractivity contribution in [2.75, 3.05) is 6.54 Å². The molecule has 3 rings (SSSR count). The quantitative estimate of drug-likeness (QED) is 0.612. The van der Waals surface area contributed by atoms with Crippen LogP contribution < -0.4 is 0 Å². The van der Waals surface area contributed by atoms with Crippen LogP contribution in [0.25, 0.3) is 0 Å². The third-order valence-electron chi connectivity index (χ3n) is 6.45. The van der Waals surface area contributed by atoms with Crippen molar-refractivity contribution in [2.24, 2.45) is 16.7 Å². The maximum atomic E-state index is 13.2. The molecule has 0 aromatic heterocycles. The molecule has 0 saturated carbocycles. The first-order chi connectivity index (χ1) is 12.6. The molecule has 0 aromatic rings. The summed E-state index contributed by atoms with van der Waals surface area (Å²) < 4.78 is 0. The van der Waals surface area contributed by atoms with E-state index in [2.05, 4.69) is 46.4 Å². The van der Waals surface area contributed by atoms with Gasteiger partial charge in [-0.25, -0.2) is 0 Å². The Labute approximate surface area is 165 Å². The second-order valence-electron chi connectivity index (χ2n) is 10.4. The van der Waals surface area contributed by atoms with E-state index in [1.54, 1.807) is 0 Å². The lowest BCUT2D eigenvalue weighted by molar-refractivity contribution is -0.120. The Bertz CT molecular complexity index is 654. The van der Waals surface area contributed by atoms with E-state index in [-0.39, 0.29) is 28.3 Å². The summed E-state index contributed by atoms with van der Waals surface area (Å²) in [6.07, 6.45) is 7.24. The minimum Gasteiger partial charge on any atom is -0.348 e.